The number of ether oxygens (including phenoxy) is 1. The van der Waals surface area contributed by atoms with Crippen LogP contribution in [0.5, 0.6) is 0 Å². The number of rotatable bonds is 6. The smallest absolute Gasteiger partial charge is 0.0683 e. The molecule has 0 saturated heterocycles. The van der Waals surface area contributed by atoms with Crippen LogP contribution >= 0.6 is 0 Å². The fourth-order valence-electron chi connectivity index (χ4n) is 2.19. The molecule has 0 amide bonds. The van der Waals surface area contributed by atoms with Gasteiger partial charge in [-0.25, -0.2) is 0 Å². The Hall–Kier alpha value is -0.590. The largest absolute Gasteiger partial charge is 0.393 e. The molecule has 0 aromatic carbocycles. The highest BCUT2D eigenvalue weighted by molar-refractivity contribution is 4.91. The topological polar surface area (TPSA) is 53.2 Å². The van der Waals surface area contributed by atoms with Crippen LogP contribution < -0.4 is 0 Å². The van der Waals surface area contributed by atoms with Crippen molar-refractivity contribution in [2.24, 2.45) is 5.41 Å². The molecule has 3 nitrogen and oxygen atoms in total. The van der Waals surface area contributed by atoms with Crippen LogP contribution in [0.15, 0.2) is 0 Å². The zero-order chi connectivity index (χ0) is 12.7. The molecule has 0 aromatic heterocycles. The second kappa shape index (κ2) is 6.98. The van der Waals surface area contributed by atoms with Crippen LogP contribution in [0.25, 0.3) is 0 Å². The Morgan fingerprint density at radius 1 is 1.24 bits per heavy atom. The SMILES string of the molecule is CC(C)(C#N)CCCCOC1CCC(O)CC1. The van der Waals surface area contributed by atoms with Gasteiger partial charge >= 0.3 is 0 Å². The maximum absolute atomic E-state index is 9.37. The van der Waals surface area contributed by atoms with Gasteiger partial charge in [-0.05, 0) is 58.8 Å². The molecule has 0 atom stereocenters. The molecule has 1 aliphatic carbocycles. The van der Waals surface area contributed by atoms with Crippen molar-refractivity contribution in [3.8, 4) is 6.07 Å². The monoisotopic (exact) mass is 239 g/mol. The van der Waals surface area contributed by atoms with Crippen LogP contribution in [0, 0.1) is 16.7 Å². The Balaban J connectivity index is 2.00. The molecule has 1 N–H and O–H groups in total. The number of unbranched alkanes of at least 4 members (excludes halogenated alkanes) is 1. The third-order valence-corrected chi connectivity index (χ3v) is 3.50. The van der Waals surface area contributed by atoms with Crippen molar-refractivity contribution in [2.45, 2.75) is 71.0 Å². The van der Waals surface area contributed by atoms with E-state index in [9.17, 15) is 5.11 Å². The lowest BCUT2D eigenvalue weighted by molar-refractivity contribution is -0.00477. The van der Waals surface area contributed by atoms with Crippen LogP contribution in [0.2, 0.25) is 0 Å². The minimum absolute atomic E-state index is 0.105. The van der Waals surface area contributed by atoms with Gasteiger partial charge in [-0.1, -0.05) is 0 Å². The number of nitrogens with zero attached hydrogens (tertiary/aromatic N) is 1. The van der Waals surface area contributed by atoms with E-state index < -0.39 is 0 Å². The summed E-state index contributed by atoms with van der Waals surface area (Å²) in [7, 11) is 0. The summed E-state index contributed by atoms with van der Waals surface area (Å²) in [6.07, 6.45) is 7.01. The lowest BCUT2D eigenvalue weighted by Gasteiger charge is -2.25. The Kier molecular flexibility index (Phi) is 5.94. The summed E-state index contributed by atoms with van der Waals surface area (Å²) >= 11 is 0. The molecule has 0 aromatic rings. The standard InChI is InChI=1S/C14H25NO2/c1-14(2,11-15)9-3-4-10-17-13-7-5-12(16)6-8-13/h12-13,16H,3-10H2,1-2H3. The first-order valence-corrected chi connectivity index (χ1v) is 6.74. The van der Waals surface area contributed by atoms with Gasteiger partial charge in [0.1, 0.15) is 0 Å². The Morgan fingerprint density at radius 2 is 1.88 bits per heavy atom. The van der Waals surface area contributed by atoms with E-state index in [1.54, 1.807) is 0 Å². The van der Waals surface area contributed by atoms with Crippen LogP contribution in [-0.2, 0) is 4.74 Å². The highest BCUT2D eigenvalue weighted by Gasteiger charge is 2.20. The fourth-order valence-corrected chi connectivity index (χ4v) is 2.19. The number of hydrogen-bond donors (Lipinski definition) is 1. The Bertz CT molecular complexity index is 249. The normalized spacial score (nSPS) is 25.5. The first kappa shape index (κ1) is 14.5. The predicted octanol–water partition coefficient (Wildman–Crippen LogP) is 3.03. The van der Waals surface area contributed by atoms with E-state index in [-0.39, 0.29) is 11.5 Å². The molecule has 1 fully saturated rings. The van der Waals surface area contributed by atoms with Crippen molar-refractivity contribution in [1.29, 1.82) is 5.26 Å². The maximum Gasteiger partial charge on any atom is 0.0683 e. The van der Waals surface area contributed by atoms with Crippen molar-refractivity contribution >= 4 is 0 Å². The van der Waals surface area contributed by atoms with Gasteiger partial charge < -0.3 is 9.84 Å². The first-order chi connectivity index (χ1) is 8.03. The molecule has 0 radical (unpaired) electrons. The highest BCUT2D eigenvalue weighted by Crippen LogP contribution is 2.23. The zero-order valence-corrected chi connectivity index (χ0v) is 11.1. The predicted molar refractivity (Wildman–Crippen MR) is 67.5 cm³/mol. The van der Waals surface area contributed by atoms with Gasteiger partial charge in [0, 0.05) is 6.61 Å². The molecule has 0 unspecified atom stereocenters. The molecule has 0 aliphatic heterocycles. The summed E-state index contributed by atoms with van der Waals surface area (Å²) in [6, 6.07) is 2.32. The van der Waals surface area contributed by atoms with Crippen molar-refractivity contribution in [3.63, 3.8) is 0 Å². The molecule has 1 saturated carbocycles. The summed E-state index contributed by atoms with van der Waals surface area (Å²) in [5.41, 5.74) is -0.199. The van der Waals surface area contributed by atoms with E-state index in [4.69, 9.17) is 10.00 Å². The quantitative estimate of drug-likeness (QED) is 0.725. The van der Waals surface area contributed by atoms with E-state index in [1.165, 1.54) is 0 Å². The van der Waals surface area contributed by atoms with Gasteiger partial charge in [-0.2, -0.15) is 5.26 Å². The maximum atomic E-state index is 9.37. The lowest BCUT2D eigenvalue weighted by atomic mass is 9.89. The van der Waals surface area contributed by atoms with Crippen molar-refractivity contribution in [3.05, 3.63) is 0 Å². The fraction of sp³-hybridized carbons (Fsp3) is 0.929. The number of hydrogen-bond acceptors (Lipinski definition) is 3. The van der Waals surface area contributed by atoms with Gasteiger partial charge in [0.05, 0.1) is 23.7 Å². The highest BCUT2D eigenvalue weighted by atomic mass is 16.5. The van der Waals surface area contributed by atoms with Crippen molar-refractivity contribution in [2.75, 3.05) is 6.61 Å². The Morgan fingerprint density at radius 3 is 2.47 bits per heavy atom. The molecule has 1 aliphatic rings. The Labute approximate surface area is 105 Å². The molecule has 1 rings (SSSR count). The second-order valence-electron chi connectivity index (χ2n) is 5.75. The molecule has 0 bridgehead atoms. The molecule has 98 valence electrons. The van der Waals surface area contributed by atoms with Crippen LogP contribution in [0.1, 0.15) is 58.8 Å². The van der Waals surface area contributed by atoms with E-state index in [0.29, 0.717) is 6.10 Å². The van der Waals surface area contributed by atoms with Crippen molar-refractivity contribution in [1.82, 2.24) is 0 Å². The average molecular weight is 239 g/mol. The third-order valence-electron chi connectivity index (χ3n) is 3.50. The summed E-state index contributed by atoms with van der Waals surface area (Å²) in [5.74, 6) is 0. The van der Waals surface area contributed by atoms with Gasteiger partial charge in [0.2, 0.25) is 0 Å². The van der Waals surface area contributed by atoms with E-state index in [1.807, 2.05) is 13.8 Å². The number of aliphatic hydroxyl groups is 1. The molecule has 17 heavy (non-hydrogen) atoms. The third kappa shape index (κ3) is 6.05. The van der Waals surface area contributed by atoms with E-state index >= 15 is 0 Å². The molecular weight excluding hydrogens is 214 g/mol. The lowest BCUT2D eigenvalue weighted by Crippen LogP contribution is -2.24. The molecule has 3 heteroatoms. The van der Waals surface area contributed by atoms with Gasteiger partial charge in [-0.15, -0.1) is 0 Å². The van der Waals surface area contributed by atoms with Gasteiger partial charge in [-0.3, -0.25) is 0 Å². The molecule has 0 spiro atoms. The average Bonchev–Trinajstić information content (AvgIpc) is 2.31. The second-order valence-corrected chi connectivity index (χ2v) is 5.75. The number of aliphatic hydroxyl groups excluding tert-OH is 1. The summed E-state index contributed by atoms with van der Waals surface area (Å²) < 4.78 is 5.79. The van der Waals surface area contributed by atoms with Crippen LogP contribution in [0.4, 0.5) is 0 Å². The minimum atomic E-state index is -0.199. The molecular formula is C14H25NO2. The summed E-state index contributed by atoms with van der Waals surface area (Å²) in [6.45, 7) is 4.76. The minimum Gasteiger partial charge on any atom is -0.393 e. The van der Waals surface area contributed by atoms with E-state index in [2.05, 4.69) is 6.07 Å². The van der Waals surface area contributed by atoms with E-state index in [0.717, 1.165) is 51.6 Å². The van der Waals surface area contributed by atoms with Crippen LogP contribution in [-0.4, -0.2) is 23.9 Å². The summed E-state index contributed by atoms with van der Waals surface area (Å²) in [4.78, 5) is 0. The zero-order valence-electron chi connectivity index (χ0n) is 11.1. The van der Waals surface area contributed by atoms with Crippen molar-refractivity contribution < 1.29 is 9.84 Å². The number of nitriles is 1. The van der Waals surface area contributed by atoms with Gasteiger partial charge in [0.25, 0.3) is 0 Å². The van der Waals surface area contributed by atoms with Gasteiger partial charge in [0.15, 0.2) is 0 Å². The summed E-state index contributed by atoms with van der Waals surface area (Å²) in [5, 5.41) is 18.2. The molecule has 0 heterocycles. The first-order valence-electron chi connectivity index (χ1n) is 6.74. The van der Waals surface area contributed by atoms with Crippen LogP contribution in [0.3, 0.4) is 0 Å².